The Balaban J connectivity index is 1.29. The van der Waals surface area contributed by atoms with Gasteiger partial charge in [-0.1, -0.05) is 12.1 Å². The summed E-state index contributed by atoms with van der Waals surface area (Å²) in [6.07, 6.45) is 10.7. The molecule has 0 N–H and O–H groups in total. The fourth-order valence-corrected chi connectivity index (χ4v) is 4.06. The number of ether oxygens (including phenoxy) is 1. The van der Waals surface area contributed by atoms with Gasteiger partial charge in [0.25, 0.3) is 0 Å². The predicted octanol–water partition coefficient (Wildman–Crippen LogP) is 3.09. The molecule has 0 radical (unpaired) electrons. The first-order valence-corrected chi connectivity index (χ1v) is 8.94. The Labute approximate surface area is 143 Å². The lowest BCUT2D eigenvalue weighted by Gasteiger charge is -2.38. The number of aromatic nitrogens is 2. The molecule has 4 heterocycles. The highest BCUT2D eigenvalue weighted by atomic mass is 16.5. The Morgan fingerprint density at radius 3 is 2.79 bits per heavy atom. The normalized spacial score (nSPS) is 23.6. The van der Waals surface area contributed by atoms with E-state index in [9.17, 15) is 0 Å². The molecule has 0 amide bonds. The maximum atomic E-state index is 6.15. The van der Waals surface area contributed by atoms with Gasteiger partial charge in [-0.2, -0.15) is 0 Å². The van der Waals surface area contributed by atoms with E-state index in [2.05, 4.69) is 33.1 Å². The standard InChI is InChI=1S/C20H25N3O/c1-2-9-22-18(5-1)15-23-10-6-20(7-11-23)13-19(24-16-20)12-17-4-3-8-21-14-17/h1-5,8-9,14,19H,6-7,10-13,15-16H2. The molecule has 4 rings (SSSR count). The predicted molar refractivity (Wildman–Crippen MR) is 93.5 cm³/mol. The molecule has 2 fully saturated rings. The van der Waals surface area contributed by atoms with Crippen LogP contribution in [0.1, 0.15) is 30.5 Å². The van der Waals surface area contributed by atoms with E-state index in [1.165, 1.54) is 30.5 Å². The summed E-state index contributed by atoms with van der Waals surface area (Å²) in [4.78, 5) is 11.2. The minimum atomic E-state index is 0.358. The minimum Gasteiger partial charge on any atom is -0.377 e. The highest BCUT2D eigenvalue weighted by Crippen LogP contribution is 2.42. The number of likely N-dealkylation sites (tertiary alicyclic amines) is 1. The van der Waals surface area contributed by atoms with Gasteiger partial charge in [0.2, 0.25) is 0 Å². The van der Waals surface area contributed by atoms with Crippen molar-refractivity contribution < 1.29 is 4.74 Å². The Bertz CT molecular complexity index is 638. The molecular weight excluding hydrogens is 298 g/mol. The van der Waals surface area contributed by atoms with Crippen LogP contribution in [0, 0.1) is 5.41 Å². The van der Waals surface area contributed by atoms with Gasteiger partial charge in [0.05, 0.1) is 18.4 Å². The fourth-order valence-electron chi connectivity index (χ4n) is 4.06. The molecule has 24 heavy (non-hydrogen) atoms. The molecule has 2 aromatic heterocycles. The van der Waals surface area contributed by atoms with Gasteiger partial charge >= 0.3 is 0 Å². The summed E-state index contributed by atoms with van der Waals surface area (Å²) >= 11 is 0. The summed E-state index contributed by atoms with van der Waals surface area (Å²) in [5.41, 5.74) is 2.85. The first-order chi connectivity index (χ1) is 11.8. The van der Waals surface area contributed by atoms with Crippen molar-refractivity contribution >= 4 is 0 Å². The van der Waals surface area contributed by atoms with E-state index in [1.54, 1.807) is 0 Å². The second-order valence-corrected chi connectivity index (χ2v) is 7.30. The van der Waals surface area contributed by atoms with Crippen LogP contribution in [0.25, 0.3) is 0 Å². The number of piperidine rings is 1. The first kappa shape index (κ1) is 15.7. The van der Waals surface area contributed by atoms with Gasteiger partial charge in [-0.15, -0.1) is 0 Å². The second kappa shape index (κ2) is 6.99. The third-order valence-corrected chi connectivity index (χ3v) is 5.50. The Hall–Kier alpha value is -1.78. The Morgan fingerprint density at radius 1 is 1.12 bits per heavy atom. The molecule has 2 aliphatic rings. The quantitative estimate of drug-likeness (QED) is 0.867. The third-order valence-electron chi connectivity index (χ3n) is 5.50. The van der Waals surface area contributed by atoms with Gasteiger partial charge in [0.15, 0.2) is 0 Å². The molecule has 0 bridgehead atoms. The van der Waals surface area contributed by atoms with Crippen molar-refractivity contribution in [2.45, 2.75) is 38.3 Å². The highest BCUT2D eigenvalue weighted by molar-refractivity contribution is 5.11. The summed E-state index contributed by atoms with van der Waals surface area (Å²) in [6.45, 7) is 4.20. The fraction of sp³-hybridized carbons (Fsp3) is 0.500. The number of hydrogen-bond acceptors (Lipinski definition) is 4. The molecule has 4 nitrogen and oxygen atoms in total. The van der Waals surface area contributed by atoms with Crippen LogP contribution in [-0.2, 0) is 17.7 Å². The van der Waals surface area contributed by atoms with Crippen LogP contribution in [-0.4, -0.2) is 40.7 Å². The lowest BCUT2D eigenvalue weighted by molar-refractivity contribution is 0.0628. The van der Waals surface area contributed by atoms with E-state index >= 15 is 0 Å². The van der Waals surface area contributed by atoms with Crippen molar-refractivity contribution in [1.29, 1.82) is 0 Å². The van der Waals surface area contributed by atoms with Gasteiger partial charge in [-0.05, 0) is 61.5 Å². The molecule has 4 heteroatoms. The monoisotopic (exact) mass is 323 g/mol. The number of hydrogen-bond donors (Lipinski definition) is 0. The zero-order valence-corrected chi connectivity index (χ0v) is 14.1. The van der Waals surface area contributed by atoms with Crippen LogP contribution in [0.4, 0.5) is 0 Å². The van der Waals surface area contributed by atoms with Crippen LogP contribution in [0.3, 0.4) is 0 Å². The average molecular weight is 323 g/mol. The van der Waals surface area contributed by atoms with E-state index in [1.807, 2.05) is 30.7 Å². The molecule has 2 saturated heterocycles. The van der Waals surface area contributed by atoms with E-state index in [0.29, 0.717) is 11.5 Å². The molecule has 2 aromatic rings. The smallest absolute Gasteiger partial charge is 0.0622 e. The average Bonchev–Trinajstić information content (AvgIpc) is 3.01. The number of rotatable bonds is 4. The Kier molecular flexibility index (Phi) is 4.58. The molecule has 0 aromatic carbocycles. The number of nitrogens with zero attached hydrogens (tertiary/aromatic N) is 3. The van der Waals surface area contributed by atoms with E-state index in [0.717, 1.165) is 32.7 Å². The molecular formula is C20H25N3O. The van der Waals surface area contributed by atoms with Crippen molar-refractivity contribution in [2.24, 2.45) is 5.41 Å². The molecule has 0 aliphatic carbocycles. The molecule has 2 aliphatic heterocycles. The van der Waals surface area contributed by atoms with E-state index in [4.69, 9.17) is 4.74 Å². The lowest BCUT2D eigenvalue weighted by atomic mass is 9.76. The first-order valence-electron chi connectivity index (χ1n) is 8.94. The van der Waals surface area contributed by atoms with Gasteiger partial charge in [0.1, 0.15) is 0 Å². The topological polar surface area (TPSA) is 38.2 Å². The third kappa shape index (κ3) is 3.65. The van der Waals surface area contributed by atoms with E-state index < -0.39 is 0 Å². The van der Waals surface area contributed by atoms with Crippen molar-refractivity contribution in [1.82, 2.24) is 14.9 Å². The van der Waals surface area contributed by atoms with Gasteiger partial charge in [-0.25, -0.2) is 0 Å². The van der Waals surface area contributed by atoms with Crippen LogP contribution < -0.4 is 0 Å². The SMILES string of the molecule is c1ccc(CN2CCC3(CC2)COC(Cc2cccnc2)C3)nc1. The summed E-state index contributed by atoms with van der Waals surface area (Å²) < 4.78 is 6.15. The van der Waals surface area contributed by atoms with Gasteiger partial charge in [0, 0.05) is 31.6 Å². The van der Waals surface area contributed by atoms with Crippen molar-refractivity contribution in [3.05, 3.63) is 60.2 Å². The van der Waals surface area contributed by atoms with Crippen LogP contribution in [0.5, 0.6) is 0 Å². The molecule has 1 spiro atoms. The maximum absolute atomic E-state index is 6.15. The second-order valence-electron chi connectivity index (χ2n) is 7.30. The van der Waals surface area contributed by atoms with Gasteiger partial charge < -0.3 is 4.74 Å². The maximum Gasteiger partial charge on any atom is 0.0622 e. The molecule has 126 valence electrons. The zero-order chi connectivity index (χ0) is 16.2. The Morgan fingerprint density at radius 2 is 2.04 bits per heavy atom. The summed E-state index contributed by atoms with van der Waals surface area (Å²) in [5.74, 6) is 0. The summed E-state index contributed by atoms with van der Waals surface area (Å²) in [5, 5.41) is 0. The van der Waals surface area contributed by atoms with Crippen LogP contribution in [0.15, 0.2) is 48.9 Å². The molecule has 1 atom stereocenters. The van der Waals surface area contributed by atoms with E-state index in [-0.39, 0.29) is 0 Å². The highest BCUT2D eigenvalue weighted by Gasteiger charge is 2.42. The molecule has 0 saturated carbocycles. The van der Waals surface area contributed by atoms with Gasteiger partial charge in [-0.3, -0.25) is 14.9 Å². The largest absolute Gasteiger partial charge is 0.377 e. The molecule has 1 unspecified atom stereocenters. The zero-order valence-electron chi connectivity index (χ0n) is 14.1. The summed E-state index contributed by atoms with van der Waals surface area (Å²) in [7, 11) is 0. The summed E-state index contributed by atoms with van der Waals surface area (Å²) in [6, 6.07) is 10.3. The van der Waals surface area contributed by atoms with Crippen molar-refractivity contribution in [3.8, 4) is 0 Å². The lowest BCUT2D eigenvalue weighted by Crippen LogP contribution is -2.40. The van der Waals surface area contributed by atoms with Crippen molar-refractivity contribution in [3.63, 3.8) is 0 Å². The number of pyridine rings is 2. The minimum absolute atomic E-state index is 0.358. The van der Waals surface area contributed by atoms with Crippen LogP contribution >= 0.6 is 0 Å². The van der Waals surface area contributed by atoms with Crippen LogP contribution in [0.2, 0.25) is 0 Å². The van der Waals surface area contributed by atoms with Crippen molar-refractivity contribution in [2.75, 3.05) is 19.7 Å².